The lowest BCUT2D eigenvalue weighted by Gasteiger charge is -2.36. The molecular weight excluding hydrogens is 239 g/mol. The van der Waals surface area contributed by atoms with Crippen LogP contribution < -0.4 is 14.8 Å². The van der Waals surface area contributed by atoms with E-state index in [-0.39, 0.29) is 12.4 Å². The van der Waals surface area contributed by atoms with Gasteiger partial charge in [0.25, 0.3) is 0 Å². The van der Waals surface area contributed by atoms with E-state index in [1.807, 2.05) is 0 Å². The molecule has 0 amide bonds. The molecule has 0 radical (unpaired) electrons. The molecule has 3 rings (SSSR count). The Bertz CT molecular complexity index is 506. The summed E-state index contributed by atoms with van der Waals surface area (Å²) < 4.78 is 30.1. The van der Waals surface area contributed by atoms with Gasteiger partial charge < -0.3 is 19.5 Å². The molecule has 0 aromatic heterocycles. The number of hydrogen-bond acceptors (Lipinski definition) is 5. The first-order chi connectivity index (χ1) is 8.75. The normalized spacial score (nSPS) is 25.6. The molecule has 0 aliphatic carbocycles. The maximum Gasteiger partial charge on any atom is 0.303 e. The van der Waals surface area contributed by atoms with Crippen LogP contribution in [0.4, 0.5) is 4.39 Å². The summed E-state index contributed by atoms with van der Waals surface area (Å²) in [5, 5.41) is 3.09. The third-order valence-electron chi connectivity index (χ3n) is 2.98. The Hall–Kier alpha value is -1.82. The maximum atomic E-state index is 13.5. The van der Waals surface area contributed by atoms with Gasteiger partial charge in [-0.1, -0.05) is 6.07 Å². The van der Waals surface area contributed by atoms with Crippen LogP contribution >= 0.6 is 0 Å². The number of rotatable bonds is 2. The minimum atomic E-state index is -1.11. The molecule has 1 aromatic rings. The van der Waals surface area contributed by atoms with Crippen molar-refractivity contribution in [1.29, 1.82) is 0 Å². The summed E-state index contributed by atoms with van der Waals surface area (Å²) in [4.78, 5) is 4.28. The first-order valence-electron chi connectivity index (χ1n) is 5.69. The van der Waals surface area contributed by atoms with Gasteiger partial charge in [-0.15, -0.1) is 0 Å². The second kappa shape index (κ2) is 4.13. The van der Waals surface area contributed by atoms with Gasteiger partial charge in [0.15, 0.2) is 29.8 Å². The van der Waals surface area contributed by atoms with E-state index in [1.54, 1.807) is 12.1 Å². The summed E-state index contributed by atoms with van der Waals surface area (Å²) in [6.45, 7) is 1.46. The zero-order valence-electron chi connectivity index (χ0n) is 9.90. The molecule has 1 aromatic carbocycles. The zero-order valence-corrected chi connectivity index (χ0v) is 9.90. The van der Waals surface area contributed by atoms with Crippen LogP contribution in [-0.4, -0.2) is 38.4 Å². The fourth-order valence-corrected chi connectivity index (χ4v) is 2.05. The largest absolute Gasteiger partial charge is 0.479 e. The van der Waals surface area contributed by atoms with Crippen LogP contribution in [0.3, 0.4) is 0 Å². The average molecular weight is 252 g/mol. The van der Waals surface area contributed by atoms with E-state index in [9.17, 15) is 4.39 Å². The lowest BCUT2D eigenvalue weighted by Crippen LogP contribution is -2.57. The van der Waals surface area contributed by atoms with Gasteiger partial charge in [-0.3, -0.25) is 4.99 Å². The number of benzene rings is 1. The molecule has 0 saturated heterocycles. The highest BCUT2D eigenvalue weighted by molar-refractivity contribution is 5.91. The summed E-state index contributed by atoms with van der Waals surface area (Å²) in [5.41, 5.74) is 0. The van der Waals surface area contributed by atoms with Crippen LogP contribution in [0.15, 0.2) is 23.2 Å². The third-order valence-corrected chi connectivity index (χ3v) is 2.98. The van der Waals surface area contributed by atoms with Crippen LogP contribution in [-0.2, 0) is 4.74 Å². The van der Waals surface area contributed by atoms with Gasteiger partial charge in [0, 0.05) is 13.7 Å². The van der Waals surface area contributed by atoms with Crippen molar-refractivity contribution in [2.24, 2.45) is 4.99 Å². The molecule has 96 valence electrons. The number of fused-ring (bicyclic) bond motifs is 1. The molecule has 1 N–H and O–H groups in total. The van der Waals surface area contributed by atoms with Crippen molar-refractivity contribution in [1.82, 2.24) is 5.32 Å². The van der Waals surface area contributed by atoms with Crippen molar-refractivity contribution >= 4 is 5.84 Å². The van der Waals surface area contributed by atoms with E-state index in [0.29, 0.717) is 18.1 Å². The average Bonchev–Trinajstić information content (AvgIpc) is 2.93. The molecule has 0 unspecified atom stereocenters. The van der Waals surface area contributed by atoms with Crippen LogP contribution in [0.1, 0.15) is 0 Å². The number of amidine groups is 1. The summed E-state index contributed by atoms with van der Waals surface area (Å²) in [7, 11) is 1.51. The Kier molecular flexibility index (Phi) is 2.59. The van der Waals surface area contributed by atoms with E-state index in [1.165, 1.54) is 13.2 Å². The third kappa shape index (κ3) is 1.60. The molecule has 0 fully saturated rings. The number of para-hydroxylation sites is 1. The number of nitrogens with one attached hydrogen (secondary N) is 1. The van der Waals surface area contributed by atoms with Crippen LogP contribution in [0, 0.1) is 5.82 Å². The quantitative estimate of drug-likeness (QED) is 0.851. The fourth-order valence-electron chi connectivity index (χ4n) is 2.05. The molecule has 0 spiro atoms. The number of hydrogen-bond donors (Lipinski definition) is 1. The summed E-state index contributed by atoms with van der Waals surface area (Å²) in [5.74, 6) is -0.543. The first-order valence-corrected chi connectivity index (χ1v) is 5.69. The lowest BCUT2D eigenvalue weighted by atomic mass is 10.2. The van der Waals surface area contributed by atoms with Gasteiger partial charge in [-0.2, -0.15) is 0 Å². The minimum Gasteiger partial charge on any atom is -0.479 e. The Labute approximate surface area is 104 Å². The smallest absolute Gasteiger partial charge is 0.303 e. The van der Waals surface area contributed by atoms with Gasteiger partial charge in [-0.05, 0) is 12.1 Å². The van der Waals surface area contributed by atoms with E-state index in [4.69, 9.17) is 14.2 Å². The Balaban J connectivity index is 1.97. The Morgan fingerprint density at radius 1 is 1.50 bits per heavy atom. The van der Waals surface area contributed by atoms with Crippen LogP contribution in [0.25, 0.3) is 0 Å². The van der Waals surface area contributed by atoms with Gasteiger partial charge in [-0.25, -0.2) is 4.39 Å². The molecule has 18 heavy (non-hydrogen) atoms. The van der Waals surface area contributed by atoms with E-state index in [2.05, 4.69) is 10.3 Å². The van der Waals surface area contributed by atoms with Crippen molar-refractivity contribution in [3.05, 3.63) is 24.0 Å². The predicted octanol–water partition coefficient (Wildman–Crippen LogP) is 0.941. The number of ether oxygens (including phenoxy) is 3. The highest BCUT2D eigenvalue weighted by Gasteiger charge is 2.45. The second-order valence-electron chi connectivity index (χ2n) is 4.07. The molecular formula is C12H13FN2O3. The minimum absolute atomic E-state index is 0.0588. The number of methoxy groups -OCH3 is 1. The van der Waals surface area contributed by atoms with E-state index in [0.717, 1.165) is 6.54 Å². The Morgan fingerprint density at radius 2 is 2.39 bits per heavy atom. The van der Waals surface area contributed by atoms with Crippen molar-refractivity contribution in [2.45, 2.75) is 5.79 Å². The molecule has 0 bridgehead atoms. The number of nitrogens with zero attached hydrogens (tertiary/aromatic N) is 1. The molecule has 2 aliphatic rings. The van der Waals surface area contributed by atoms with Crippen LogP contribution in [0.2, 0.25) is 0 Å². The molecule has 1 atom stereocenters. The monoisotopic (exact) mass is 252 g/mol. The molecule has 2 aliphatic heterocycles. The predicted molar refractivity (Wildman–Crippen MR) is 62.6 cm³/mol. The van der Waals surface area contributed by atoms with E-state index < -0.39 is 11.6 Å². The fraction of sp³-hybridized carbons (Fsp3) is 0.417. The number of aliphatic imine (C=N–C) groups is 1. The van der Waals surface area contributed by atoms with Gasteiger partial charge in [0.2, 0.25) is 0 Å². The van der Waals surface area contributed by atoms with Crippen molar-refractivity contribution in [2.75, 3.05) is 26.8 Å². The lowest BCUT2D eigenvalue weighted by molar-refractivity contribution is -0.146. The maximum absolute atomic E-state index is 13.5. The Morgan fingerprint density at radius 3 is 3.11 bits per heavy atom. The zero-order chi connectivity index (χ0) is 12.6. The van der Waals surface area contributed by atoms with Crippen molar-refractivity contribution in [3.8, 4) is 11.5 Å². The molecule has 0 saturated carbocycles. The summed E-state index contributed by atoms with van der Waals surface area (Å²) >= 11 is 0. The highest BCUT2D eigenvalue weighted by atomic mass is 19.1. The first kappa shape index (κ1) is 11.3. The molecule has 2 heterocycles. The molecule has 5 nitrogen and oxygen atoms in total. The standard InChI is InChI=1S/C12H13FN2O3/c1-16-12(11-14-5-6-15-11)7-17-10-8(13)3-2-4-9(10)18-12/h2-4H,5-7H2,1H3,(H,14,15)/t12-/m1/s1. The SMILES string of the molecule is CO[C@]1(C2=NCCN2)COc2c(F)cccc2O1. The van der Waals surface area contributed by atoms with Gasteiger partial charge in [0.05, 0.1) is 6.54 Å². The number of halogens is 1. The van der Waals surface area contributed by atoms with Crippen molar-refractivity contribution < 1.29 is 18.6 Å². The summed E-state index contributed by atoms with van der Waals surface area (Å²) in [6.07, 6.45) is 0. The van der Waals surface area contributed by atoms with Crippen molar-refractivity contribution in [3.63, 3.8) is 0 Å². The second-order valence-corrected chi connectivity index (χ2v) is 4.07. The van der Waals surface area contributed by atoms with Crippen LogP contribution in [0.5, 0.6) is 11.5 Å². The van der Waals surface area contributed by atoms with Gasteiger partial charge in [0.1, 0.15) is 0 Å². The topological polar surface area (TPSA) is 52.1 Å². The summed E-state index contributed by atoms with van der Waals surface area (Å²) in [6, 6.07) is 4.53. The molecule has 6 heteroatoms. The van der Waals surface area contributed by atoms with Gasteiger partial charge >= 0.3 is 5.79 Å². The highest BCUT2D eigenvalue weighted by Crippen LogP contribution is 2.38. The van der Waals surface area contributed by atoms with E-state index >= 15 is 0 Å².